The fraction of sp³-hybridized carbons (Fsp3) is 0.667. The largest absolute Gasteiger partial charge is 0.344 e. The number of carbonyl (C=O) groups is 1. The quantitative estimate of drug-likeness (QED) is 0.695. The first-order chi connectivity index (χ1) is 7.17. The Morgan fingerprint density at radius 1 is 1.67 bits per heavy atom. The molecule has 0 saturated carbocycles. The highest BCUT2D eigenvalue weighted by molar-refractivity contribution is 5.75. The van der Waals surface area contributed by atoms with E-state index in [-0.39, 0.29) is 12.5 Å². The summed E-state index contributed by atoms with van der Waals surface area (Å²) in [6, 6.07) is 0. The minimum absolute atomic E-state index is 0.0294. The summed E-state index contributed by atoms with van der Waals surface area (Å²) >= 11 is 0. The molecule has 1 aromatic rings. The first kappa shape index (κ1) is 11.6. The predicted octanol–water partition coefficient (Wildman–Crippen LogP) is -0.742. The SMILES string of the molecule is CCN(C)C(=O)Cn1cc(CCN)nn1. The Bertz CT molecular complexity index is 322. The van der Waals surface area contributed by atoms with Gasteiger partial charge in [0.1, 0.15) is 6.54 Å². The second-order valence-corrected chi connectivity index (χ2v) is 3.35. The van der Waals surface area contributed by atoms with E-state index in [0.29, 0.717) is 19.5 Å². The summed E-state index contributed by atoms with van der Waals surface area (Å²) in [5.74, 6) is 0.0294. The lowest BCUT2D eigenvalue weighted by Gasteiger charge is -2.13. The number of likely N-dealkylation sites (N-methyl/N-ethyl adjacent to an activating group) is 1. The first-order valence-electron chi connectivity index (χ1n) is 5.00. The average molecular weight is 211 g/mol. The van der Waals surface area contributed by atoms with Crippen LogP contribution in [0.25, 0.3) is 0 Å². The topological polar surface area (TPSA) is 77.0 Å². The molecule has 0 spiro atoms. The van der Waals surface area contributed by atoms with Crippen molar-refractivity contribution in [2.75, 3.05) is 20.1 Å². The van der Waals surface area contributed by atoms with Crippen LogP contribution in [0.3, 0.4) is 0 Å². The van der Waals surface area contributed by atoms with Gasteiger partial charge in [-0.1, -0.05) is 5.21 Å². The molecule has 1 aromatic heterocycles. The van der Waals surface area contributed by atoms with Gasteiger partial charge in [0.05, 0.1) is 5.69 Å². The Kier molecular flexibility index (Phi) is 4.23. The fourth-order valence-corrected chi connectivity index (χ4v) is 1.11. The summed E-state index contributed by atoms with van der Waals surface area (Å²) in [7, 11) is 1.76. The lowest BCUT2D eigenvalue weighted by Crippen LogP contribution is -2.30. The minimum Gasteiger partial charge on any atom is -0.344 e. The van der Waals surface area contributed by atoms with Gasteiger partial charge in [-0.2, -0.15) is 0 Å². The van der Waals surface area contributed by atoms with Crippen molar-refractivity contribution in [1.82, 2.24) is 19.9 Å². The summed E-state index contributed by atoms with van der Waals surface area (Å²) in [4.78, 5) is 13.2. The van der Waals surface area contributed by atoms with Crippen molar-refractivity contribution in [2.45, 2.75) is 19.9 Å². The third-order valence-electron chi connectivity index (χ3n) is 2.18. The number of hydrogen-bond acceptors (Lipinski definition) is 4. The van der Waals surface area contributed by atoms with Crippen molar-refractivity contribution >= 4 is 5.91 Å². The Balaban J connectivity index is 2.53. The molecule has 0 unspecified atom stereocenters. The molecule has 0 bridgehead atoms. The maximum atomic E-state index is 11.5. The van der Waals surface area contributed by atoms with Gasteiger partial charge in [-0.3, -0.25) is 4.79 Å². The van der Waals surface area contributed by atoms with Crippen LogP contribution in [0.2, 0.25) is 0 Å². The number of rotatable bonds is 5. The Labute approximate surface area is 89.0 Å². The summed E-state index contributed by atoms with van der Waals surface area (Å²) in [6.45, 7) is 3.41. The Morgan fingerprint density at radius 2 is 2.40 bits per heavy atom. The van der Waals surface area contributed by atoms with Crippen LogP contribution in [0.5, 0.6) is 0 Å². The van der Waals surface area contributed by atoms with Gasteiger partial charge in [-0.25, -0.2) is 4.68 Å². The Hall–Kier alpha value is -1.43. The van der Waals surface area contributed by atoms with Crippen LogP contribution in [0.15, 0.2) is 6.20 Å². The van der Waals surface area contributed by atoms with Crippen LogP contribution < -0.4 is 5.73 Å². The molecule has 1 amide bonds. The number of hydrogen-bond donors (Lipinski definition) is 1. The molecule has 0 saturated heterocycles. The molecular weight excluding hydrogens is 194 g/mol. The molecule has 2 N–H and O–H groups in total. The van der Waals surface area contributed by atoms with Gasteiger partial charge in [0.15, 0.2) is 0 Å². The molecule has 1 rings (SSSR count). The highest BCUT2D eigenvalue weighted by Crippen LogP contribution is 1.95. The van der Waals surface area contributed by atoms with Gasteiger partial charge in [-0.05, 0) is 13.5 Å². The van der Waals surface area contributed by atoms with Crippen molar-refractivity contribution in [3.63, 3.8) is 0 Å². The summed E-state index contributed by atoms with van der Waals surface area (Å²) in [5.41, 5.74) is 6.21. The van der Waals surface area contributed by atoms with Crippen molar-refractivity contribution in [3.05, 3.63) is 11.9 Å². The van der Waals surface area contributed by atoms with Crippen LogP contribution in [0.4, 0.5) is 0 Å². The lowest BCUT2D eigenvalue weighted by atomic mass is 10.3. The summed E-state index contributed by atoms with van der Waals surface area (Å²) in [5, 5.41) is 7.76. The number of nitrogens with two attached hydrogens (primary N) is 1. The van der Waals surface area contributed by atoms with Crippen molar-refractivity contribution in [1.29, 1.82) is 0 Å². The van der Waals surface area contributed by atoms with Gasteiger partial charge < -0.3 is 10.6 Å². The van der Waals surface area contributed by atoms with E-state index in [2.05, 4.69) is 10.3 Å². The number of carbonyl (C=O) groups excluding carboxylic acids is 1. The third kappa shape index (κ3) is 3.32. The van der Waals surface area contributed by atoms with Gasteiger partial charge in [0.25, 0.3) is 0 Å². The first-order valence-corrected chi connectivity index (χ1v) is 5.00. The molecule has 0 aromatic carbocycles. The molecule has 0 radical (unpaired) electrons. The van der Waals surface area contributed by atoms with Crippen LogP contribution in [-0.2, 0) is 17.8 Å². The maximum Gasteiger partial charge on any atom is 0.244 e. The highest BCUT2D eigenvalue weighted by atomic mass is 16.2. The zero-order valence-corrected chi connectivity index (χ0v) is 9.18. The molecule has 15 heavy (non-hydrogen) atoms. The van der Waals surface area contributed by atoms with E-state index in [1.165, 1.54) is 0 Å². The van der Waals surface area contributed by atoms with Gasteiger partial charge in [0, 0.05) is 26.2 Å². The monoisotopic (exact) mass is 211 g/mol. The smallest absolute Gasteiger partial charge is 0.244 e. The van der Waals surface area contributed by atoms with Gasteiger partial charge in [-0.15, -0.1) is 5.10 Å². The molecule has 0 atom stereocenters. The van der Waals surface area contributed by atoms with E-state index < -0.39 is 0 Å². The number of aromatic nitrogens is 3. The van der Waals surface area contributed by atoms with Crippen LogP contribution >= 0.6 is 0 Å². The summed E-state index contributed by atoms with van der Waals surface area (Å²) in [6.07, 6.45) is 2.45. The molecule has 84 valence electrons. The molecule has 0 aliphatic rings. The Morgan fingerprint density at radius 3 is 3.00 bits per heavy atom. The fourth-order valence-electron chi connectivity index (χ4n) is 1.11. The second kappa shape index (κ2) is 5.45. The standard InChI is InChI=1S/C9H17N5O/c1-3-13(2)9(15)7-14-6-8(4-5-10)11-12-14/h6H,3-5,7,10H2,1-2H3. The lowest BCUT2D eigenvalue weighted by molar-refractivity contribution is -0.130. The zero-order chi connectivity index (χ0) is 11.3. The molecule has 0 aliphatic carbocycles. The zero-order valence-electron chi connectivity index (χ0n) is 9.18. The third-order valence-corrected chi connectivity index (χ3v) is 2.18. The van der Waals surface area contributed by atoms with Crippen LogP contribution in [-0.4, -0.2) is 45.9 Å². The van der Waals surface area contributed by atoms with Crippen LogP contribution in [0.1, 0.15) is 12.6 Å². The van der Waals surface area contributed by atoms with E-state index in [1.54, 1.807) is 22.8 Å². The molecular formula is C9H17N5O. The maximum absolute atomic E-state index is 11.5. The highest BCUT2D eigenvalue weighted by Gasteiger charge is 2.08. The molecule has 0 aliphatic heterocycles. The van der Waals surface area contributed by atoms with E-state index in [4.69, 9.17) is 5.73 Å². The normalized spacial score (nSPS) is 10.3. The second-order valence-electron chi connectivity index (χ2n) is 3.35. The van der Waals surface area contributed by atoms with Gasteiger partial charge >= 0.3 is 0 Å². The van der Waals surface area contributed by atoms with Crippen molar-refractivity contribution in [2.24, 2.45) is 5.73 Å². The van der Waals surface area contributed by atoms with E-state index in [1.807, 2.05) is 6.92 Å². The molecule has 6 nitrogen and oxygen atoms in total. The van der Waals surface area contributed by atoms with Gasteiger partial charge in [0.2, 0.25) is 5.91 Å². The van der Waals surface area contributed by atoms with E-state index in [0.717, 1.165) is 5.69 Å². The number of nitrogens with zero attached hydrogens (tertiary/aromatic N) is 4. The molecule has 6 heteroatoms. The summed E-state index contributed by atoms with van der Waals surface area (Å²) < 4.78 is 1.54. The van der Waals surface area contributed by atoms with Crippen molar-refractivity contribution < 1.29 is 4.79 Å². The van der Waals surface area contributed by atoms with E-state index >= 15 is 0 Å². The molecule has 1 heterocycles. The van der Waals surface area contributed by atoms with E-state index in [9.17, 15) is 4.79 Å². The van der Waals surface area contributed by atoms with Crippen molar-refractivity contribution in [3.8, 4) is 0 Å². The molecule has 0 fully saturated rings. The number of amides is 1. The average Bonchev–Trinajstić information content (AvgIpc) is 2.65. The van der Waals surface area contributed by atoms with Crippen LogP contribution in [0, 0.1) is 0 Å². The minimum atomic E-state index is 0.0294. The predicted molar refractivity (Wildman–Crippen MR) is 56.1 cm³/mol.